The van der Waals surface area contributed by atoms with Gasteiger partial charge in [-0.25, -0.2) is 4.99 Å². The molecule has 4 rings (SSSR count). The molecule has 0 saturated carbocycles. The fourth-order valence-electron chi connectivity index (χ4n) is 2.91. The quantitative estimate of drug-likeness (QED) is 0.765. The predicted octanol–water partition coefficient (Wildman–Crippen LogP) is 3.89. The highest BCUT2D eigenvalue weighted by Gasteiger charge is 2.25. The van der Waals surface area contributed by atoms with Crippen molar-refractivity contribution in [3.8, 4) is 11.5 Å². The number of nitrogens with zero attached hydrogens (tertiary/aromatic N) is 2. The lowest BCUT2D eigenvalue weighted by molar-refractivity contribution is -0.105. The smallest absolute Gasteiger partial charge is 0.223 e. The van der Waals surface area contributed by atoms with Gasteiger partial charge in [0.15, 0.2) is 11.9 Å². The average molecular weight is 405 g/mol. The number of carbonyl (C=O) groups excluding carboxylic acids is 1. The Kier molecular flexibility index (Phi) is 7.00. The maximum absolute atomic E-state index is 10.4. The number of hydrogen-bond acceptors (Lipinski definition) is 6. The maximum atomic E-state index is 10.4. The van der Waals surface area contributed by atoms with Crippen molar-refractivity contribution in [2.24, 2.45) is 9.98 Å². The Labute approximate surface area is 175 Å². The number of amidine groups is 1. The van der Waals surface area contributed by atoms with Crippen LogP contribution in [0.15, 0.2) is 76.9 Å². The molecule has 0 fully saturated rings. The van der Waals surface area contributed by atoms with Gasteiger partial charge < -0.3 is 19.5 Å². The zero-order valence-corrected chi connectivity index (χ0v) is 17.0. The summed E-state index contributed by atoms with van der Waals surface area (Å²) in [5, 5.41) is 2.60. The summed E-state index contributed by atoms with van der Waals surface area (Å²) < 4.78 is 16.0. The molecule has 0 radical (unpaired) electrons. The van der Waals surface area contributed by atoms with E-state index in [0.717, 1.165) is 22.6 Å². The Morgan fingerprint density at radius 2 is 1.80 bits per heavy atom. The molecule has 0 aliphatic carbocycles. The van der Waals surface area contributed by atoms with Gasteiger partial charge in [0.25, 0.3) is 0 Å². The van der Waals surface area contributed by atoms with E-state index in [1.165, 1.54) is 0 Å². The van der Waals surface area contributed by atoms with Crippen LogP contribution < -0.4 is 14.8 Å². The third kappa shape index (κ3) is 4.94. The van der Waals surface area contributed by atoms with E-state index in [1.807, 2.05) is 55.5 Å². The summed E-state index contributed by atoms with van der Waals surface area (Å²) in [6, 6.07) is 13.0. The zero-order chi connectivity index (χ0) is 21.3. The highest BCUT2D eigenvalue weighted by atomic mass is 16.5. The predicted molar refractivity (Wildman–Crippen MR) is 118 cm³/mol. The third-order valence-electron chi connectivity index (χ3n) is 4.41. The summed E-state index contributed by atoms with van der Waals surface area (Å²) in [6.07, 6.45) is 7.69. The van der Waals surface area contributed by atoms with Gasteiger partial charge in [0, 0.05) is 23.0 Å². The monoisotopic (exact) mass is 405 g/mol. The summed E-state index contributed by atoms with van der Waals surface area (Å²) in [5.74, 6) is 2.88. The van der Waals surface area contributed by atoms with Crippen molar-refractivity contribution in [1.82, 2.24) is 0 Å². The molecule has 1 N–H and O–H groups in total. The molecule has 7 heteroatoms. The molecule has 2 aliphatic heterocycles. The van der Waals surface area contributed by atoms with Crippen molar-refractivity contribution in [3.05, 3.63) is 78.0 Å². The van der Waals surface area contributed by atoms with Crippen LogP contribution in [0.4, 0.5) is 5.69 Å². The average Bonchev–Trinajstić information content (AvgIpc) is 3.05. The van der Waals surface area contributed by atoms with Gasteiger partial charge in [-0.05, 0) is 49.4 Å². The molecule has 0 aromatic heterocycles. The molecule has 1 atom stereocenters. The number of carbonyl (C=O) groups is 1. The summed E-state index contributed by atoms with van der Waals surface area (Å²) in [7, 11) is 3.31. The first-order valence-corrected chi connectivity index (χ1v) is 9.31. The van der Waals surface area contributed by atoms with Crippen molar-refractivity contribution in [1.29, 1.82) is 0 Å². The van der Waals surface area contributed by atoms with Crippen LogP contribution in [-0.2, 0) is 9.53 Å². The van der Waals surface area contributed by atoms with Crippen LogP contribution in [0.5, 0.6) is 11.5 Å². The van der Waals surface area contributed by atoms with Crippen LogP contribution in [0.3, 0.4) is 0 Å². The van der Waals surface area contributed by atoms with Crippen LogP contribution in [0.25, 0.3) is 0 Å². The van der Waals surface area contributed by atoms with Crippen molar-refractivity contribution in [2.75, 3.05) is 19.5 Å². The van der Waals surface area contributed by atoms with Crippen molar-refractivity contribution in [3.63, 3.8) is 0 Å². The van der Waals surface area contributed by atoms with E-state index >= 15 is 0 Å². The van der Waals surface area contributed by atoms with Gasteiger partial charge in [0.05, 0.1) is 14.2 Å². The van der Waals surface area contributed by atoms with E-state index in [2.05, 4.69) is 15.3 Å². The number of rotatable bonds is 5. The molecule has 0 bridgehead atoms. The van der Waals surface area contributed by atoms with E-state index < -0.39 is 0 Å². The van der Waals surface area contributed by atoms with Crippen LogP contribution >= 0.6 is 0 Å². The van der Waals surface area contributed by atoms with Crippen LogP contribution in [-0.4, -0.2) is 38.5 Å². The first-order valence-electron chi connectivity index (χ1n) is 9.31. The highest BCUT2D eigenvalue weighted by Crippen LogP contribution is 2.26. The molecule has 2 aromatic carbocycles. The van der Waals surface area contributed by atoms with E-state index in [-0.39, 0.29) is 6.10 Å². The second-order valence-corrected chi connectivity index (χ2v) is 6.30. The minimum absolute atomic E-state index is 0.243. The first kappa shape index (κ1) is 20.9. The van der Waals surface area contributed by atoms with Gasteiger partial charge in [0.1, 0.15) is 11.5 Å². The van der Waals surface area contributed by atoms with Gasteiger partial charge in [-0.3, -0.25) is 4.79 Å². The SMILES string of the molecule is COc1cccc(OC)c1C.O=CNc1cccc(C2=NC3=NC=CC=CC3O2)c1. The van der Waals surface area contributed by atoms with Gasteiger partial charge >= 0.3 is 0 Å². The number of aliphatic imine (C=N–C) groups is 2. The number of hydrogen-bond donors (Lipinski definition) is 1. The molecular formula is C23H23N3O4. The molecule has 0 spiro atoms. The molecule has 154 valence electrons. The van der Waals surface area contributed by atoms with Crippen molar-refractivity contribution >= 4 is 23.8 Å². The zero-order valence-electron chi connectivity index (χ0n) is 17.0. The summed E-state index contributed by atoms with van der Waals surface area (Å²) in [4.78, 5) is 19.0. The van der Waals surface area contributed by atoms with E-state index in [0.29, 0.717) is 23.8 Å². The molecule has 0 saturated heterocycles. The number of allylic oxidation sites excluding steroid dienone is 2. The number of anilines is 1. The fourth-order valence-corrected chi connectivity index (χ4v) is 2.91. The lowest BCUT2D eigenvalue weighted by Gasteiger charge is -2.07. The molecular weight excluding hydrogens is 382 g/mol. The maximum Gasteiger partial charge on any atom is 0.223 e. The van der Waals surface area contributed by atoms with E-state index in [4.69, 9.17) is 14.2 Å². The normalized spacial score (nSPS) is 16.0. The van der Waals surface area contributed by atoms with Gasteiger partial charge in [-0.1, -0.05) is 18.2 Å². The van der Waals surface area contributed by atoms with E-state index in [9.17, 15) is 4.79 Å². The largest absolute Gasteiger partial charge is 0.496 e. The second-order valence-electron chi connectivity index (χ2n) is 6.30. The Bertz CT molecular complexity index is 1000. The minimum atomic E-state index is -0.243. The summed E-state index contributed by atoms with van der Waals surface area (Å²) >= 11 is 0. The number of amides is 1. The number of ether oxygens (including phenoxy) is 3. The van der Waals surface area contributed by atoms with Crippen LogP contribution in [0.1, 0.15) is 11.1 Å². The Morgan fingerprint density at radius 1 is 1.07 bits per heavy atom. The topological polar surface area (TPSA) is 81.5 Å². The Morgan fingerprint density at radius 3 is 2.50 bits per heavy atom. The molecule has 2 aromatic rings. The summed E-state index contributed by atoms with van der Waals surface area (Å²) in [5.41, 5.74) is 2.54. The van der Waals surface area contributed by atoms with Crippen LogP contribution in [0, 0.1) is 6.92 Å². The molecule has 1 amide bonds. The lowest BCUT2D eigenvalue weighted by Crippen LogP contribution is -2.14. The highest BCUT2D eigenvalue weighted by molar-refractivity contribution is 6.10. The molecule has 2 heterocycles. The fraction of sp³-hybridized carbons (Fsp3) is 0.174. The van der Waals surface area contributed by atoms with Crippen LogP contribution in [0.2, 0.25) is 0 Å². The first-order chi connectivity index (χ1) is 14.7. The molecule has 30 heavy (non-hydrogen) atoms. The lowest BCUT2D eigenvalue weighted by atomic mass is 10.2. The van der Waals surface area contributed by atoms with Gasteiger partial charge in [0.2, 0.25) is 12.3 Å². The molecule has 7 nitrogen and oxygen atoms in total. The van der Waals surface area contributed by atoms with Crippen molar-refractivity contribution in [2.45, 2.75) is 13.0 Å². The number of benzene rings is 2. The Balaban J connectivity index is 0.000000199. The van der Waals surface area contributed by atoms with Gasteiger partial charge in [-0.15, -0.1) is 0 Å². The Hall–Kier alpha value is -3.87. The second kappa shape index (κ2) is 10.1. The minimum Gasteiger partial charge on any atom is -0.496 e. The summed E-state index contributed by atoms with van der Waals surface area (Å²) in [6.45, 7) is 1.97. The van der Waals surface area contributed by atoms with Gasteiger partial charge in [-0.2, -0.15) is 4.99 Å². The standard InChI is InChI=1S/C14H11N3O2.C9H12O2/c18-9-16-11-5-3-4-10(8-11)14-17-13-12(19-14)6-1-2-7-15-13;1-7-8(10-2)5-4-6-9(7)11-3/h1-9,12H,(H,16,18);4-6H,1-3H3. The molecule has 1 unspecified atom stereocenters. The van der Waals surface area contributed by atoms with E-state index in [1.54, 1.807) is 32.6 Å². The molecule has 2 aliphatic rings. The number of methoxy groups -OCH3 is 2. The third-order valence-corrected chi connectivity index (χ3v) is 4.41. The number of nitrogens with one attached hydrogen (secondary N) is 1. The number of fused-ring (bicyclic) bond motifs is 1. The van der Waals surface area contributed by atoms with Crippen molar-refractivity contribution < 1.29 is 19.0 Å².